The van der Waals surface area contributed by atoms with E-state index in [-0.39, 0.29) is 0 Å². The van der Waals surface area contributed by atoms with Crippen molar-refractivity contribution in [3.05, 3.63) is 41.1 Å². The Morgan fingerprint density at radius 2 is 2.00 bits per heavy atom. The molecule has 2 aromatic rings. The molecule has 0 aliphatic heterocycles. The van der Waals surface area contributed by atoms with Crippen molar-refractivity contribution in [2.24, 2.45) is 7.05 Å². The lowest BCUT2D eigenvalue weighted by molar-refractivity contribution is 0.146. The molecule has 1 aromatic heterocycles. The Balaban J connectivity index is 1.94. The van der Waals surface area contributed by atoms with Crippen molar-refractivity contribution in [1.82, 2.24) is 15.1 Å². The molecular formula is C18H28N4O2. The van der Waals surface area contributed by atoms with E-state index in [9.17, 15) is 0 Å². The van der Waals surface area contributed by atoms with E-state index in [0.29, 0.717) is 13.2 Å². The highest BCUT2D eigenvalue weighted by atomic mass is 16.5. The van der Waals surface area contributed by atoms with Gasteiger partial charge in [-0.25, -0.2) is 0 Å². The van der Waals surface area contributed by atoms with Crippen LogP contribution in [0.15, 0.2) is 24.3 Å². The highest BCUT2D eigenvalue weighted by Gasteiger charge is 2.14. The second-order valence-electron chi connectivity index (χ2n) is 6.00. The number of nitrogens with zero attached hydrogens (tertiary/aromatic N) is 3. The standard InChI is InChI=1S/C18H28N4O2/c1-14-17(18(21(2)3)22(4)20-14)13-19-12-15-7-6-8-16(11-15)24-10-9-23-5/h6-8,11,19H,9-10,12-13H2,1-5H3. The van der Waals surface area contributed by atoms with E-state index < -0.39 is 0 Å². The molecule has 2 rings (SSSR count). The summed E-state index contributed by atoms with van der Waals surface area (Å²) in [5, 5.41) is 8.02. The number of methoxy groups -OCH3 is 1. The van der Waals surface area contributed by atoms with Gasteiger partial charge in [-0.2, -0.15) is 5.10 Å². The normalized spacial score (nSPS) is 10.9. The largest absolute Gasteiger partial charge is 0.491 e. The smallest absolute Gasteiger partial charge is 0.130 e. The SMILES string of the molecule is COCCOc1cccc(CNCc2c(C)nn(C)c2N(C)C)c1. The lowest BCUT2D eigenvalue weighted by atomic mass is 10.2. The molecule has 0 unspecified atom stereocenters. The zero-order valence-electron chi connectivity index (χ0n) is 15.3. The van der Waals surface area contributed by atoms with Crippen LogP contribution in [0.2, 0.25) is 0 Å². The van der Waals surface area contributed by atoms with Crippen molar-refractivity contribution in [1.29, 1.82) is 0 Å². The third kappa shape index (κ3) is 4.72. The van der Waals surface area contributed by atoms with Gasteiger partial charge in [-0.15, -0.1) is 0 Å². The zero-order valence-corrected chi connectivity index (χ0v) is 15.3. The molecule has 0 saturated carbocycles. The third-order valence-electron chi connectivity index (χ3n) is 3.82. The van der Waals surface area contributed by atoms with Gasteiger partial charge >= 0.3 is 0 Å². The molecule has 0 amide bonds. The summed E-state index contributed by atoms with van der Waals surface area (Å²) in [7, 11) is 7.74. The Labute approximate surface area is 144 Å². The minimum absolute atomic E-state index is 0.564. The molecule has 0 spiro atoms. The number of rotatable bonds is 9. The number of aryl methyl sites for hydroxylation is 2. The van der Waals surface area contributed by atoms with Crippen LogP contribution in [0.4, 0.5) is 5.82 Å². The Morgan fingerprint density at radius 1 is 1.21 bits per heavy atom. The number of nitrogens with one attached hydrogen (secondary N) is 1. The van der Waals surface area contributed by atoms with E-state index in [0.717, 1.165) is 30.4 Å². The number of anilines is 1. The summed E-state index contributed by atoms with van der Waals surface area (Å²) in [5.41, 5.74) is 3.48. The van der Waals surface area contributed by atoms with Crippen LogP contribution in [0.25, 0.3) is 0 Å². The van der Waals surface area contributed by atoms with E-state index in [1.807, 2.05) is 44.9 Å². The van der Waals surface area contributed by atoms with Gasteiger partial charge in [-0.05, 0) is 24.6 Å². The van der Waals surface area contributed by atoms with Crippen molar-refractivity contribution >= 4 is 5.82 Å². The van der Waals surface area contributed by atoms with Crippen LogP contribution in [-0.2, 0) is 24.9 Å². The first kappa shape index (κ1) is 18.3. The summed E-state index contributed by atoms with van der Waals surface area (Å²) in [6.45, 7) is 4.77. The molecule has 0 bridgehead atoms. The molecule has 6 heteroatoms. The molecule has 0 aliphatic rings. The van der Waals surface area contributed by atoms with Crippen LogP contribution in [0.1, 0.15) is 16.8 Å². The molecule has 24 heavy (non-hydrogen) atoms. The number of hydrogen-bond donors (Lipinski definition) is 1. The zero-order chi connectivity index (χ0) is 17.5. The van der Waals surface area contributed by atoms with Gasteiger partial charge in [0.2, 0.25) is 0 Å². The van der Waals surface area contributed by atoms with Crippen molar-refractivity contribution in [3.8, 4) is 5.75 Å². The maximum absolute atomic E-state index is 5.65. The van der Waals surface area contributed by atoms with Crippen molar-refractivity contribution in [2.75, 3.05) is 39.3 Å². The van der Waals surface area contributed by atoms with Gasteiger partial charge in [-0.1, -0.05) is 12.1 Å². The van der Waals surface area contributed by atoms with E-state index in [2.05, 4.69) is 27.4 Å². The molecule has 1 N–H and O–H groups in total. The molecule has 6 nitrogen and oxygen atoms in total. The highest BCUT2D eigenvalue weighted by Crippen LogP contribution is 2.21. The molecule has 0 aliphatic carbocycles. The average Bonchev–Trinajstić information content (AvgIpc) is 2.82. The lowest BCUT2D eigenvalue weighted by Gasteiger charge is -2.16. The van der Waals surface area contributed by atoms with Gasteiger partial charge in [0.1, 0.15) is 18.2 Å². The second-order valence-corrected chi connectivity index (χ2v) is 6.00. The van der Waals surface area contributed by atoms with Gasteiger partial charge in [-0.3, -0.25) is 4.68 Å². The van der Waals surface area contributed by atoms with Gasteiger partial charge in [0, 0.05) is 46.9 Å². The maximum atomic E-state index is 5.65. The summed E-state index contributed by atoms with van der Waals surface area (Å²) in [6, 6.07) is 8.14. The van der Waals surface area contributed by atoms with Crippen LogP contribution in [0.5, 0.6) is 5.75 Å². The summed E-state index contributed by atoms with van der Waals surface area (Å²) < 4.78 is 12.6. The topological polar surface area (TPSA) is 51.6 Å². The number of aromatic nitrogens is 2. The predicted molar refractivity (Wildman–Crippen MR) is 96.6 cm³/mol. The fraction of sp³-hybridized carbons (Fsp3) is 0.500. The molecule has 132 valence electrons. The van der Waals surface area contributed by atoms with Gasteiger partial charge in [0.05, 0.1) is 12.3 Å². The van der Waals surface area contributed by atoms with E-state index in [1.165, 1.54) is 11.1 Å². The van der Waals surface area contributed by atoms with E-state index in [1.54, 1.807) is 7.11 Å². The van der Waals surface area contributed by atoms with Crippen LogP contribution in [0.3, 0.4) is 0 Å². The van der Waals surface area contributed by atoms with Gasteiger partial charge < -0.3 is 19.7 Å². The Hall–Kier alpha value is -2.05. The van der Waals surface area contributed by atoms with Crippen LogP contribution in [-0.4, -0.2) is 44.2 Å². The highest BCUT2D eigenvalue weighted by molar-refractivity contribution is 5.48. The Kier molecular flexibility index (Phi) is 6.63. The summed E-state index contributed by atoms with van der Waals surface area (Å²) in [6.07, 6.45) is 0. The first-order chi connectivity index (χ1) is 11.5. The van der Waals surface area contributed by atoms with Gasteiger partial charge in [0.25, 0.3) is 0 Å². The molecular weight excluding hydrogens is 304 g/mol. The number of benzene rings is 1. The first-order valence-electron chi connectivity index (χ1n) is 8.14. The molecule has 0 radical (unpaired) electrons. The monoisotopic (exact) mass is 332 g/mol. The van der Waals surface area contributed by atoms with E-state index >= 15 is 0 Å². The first-order valence-corrected chi connectivity index (χ1v) is 8.14. The summed E-state index contributed by atoms with van der Waals surface area (Å²) in [5.74, 6) is 2.01. The summed E-state index contributed by atoms with van der Waals surface area (Å²) in [4.78, 5) is 2.10. The minimum Gasteiger partial charge on any atom is -0.491 e. The number of ether oxygens (including phenoxy) is 2. The second kappa shape index (κ2) is 8.70. The molecule has 1 aromatic carbocycles. The minimum atomic E-state index is 0.564. The lowest BCUT2D eigenvalue weighted by Crippen LogP contribution is -2.19. The maximum Gasteiger partial charge on any atom is 0.130 e. The molecule has 0 saturated heterocycles. The Morgan fingerprint density at radius 3 is 2.71 bits per heavy atom. The van der Waals surface area contributed by atoms with Crippen molar-refractivity contribution < 1.29 is 9.47 Å². The van der Waals surface area contributed by atoms with E-state index in [4.69, 9.17) is 9.47 Å². The van der Waals surface area contributed by atoms with Crippen molar-refractivity contribution in [2.45, 2.75) is 20.0 Å². The van der Waals surface area contributed by atoms with Crippen LogP contribution < -0.4 is 15.0 Å². The molecule has 1 heterocycles. The molecule has 0 fully saturated rings. The third-order valence-corrected chi connectivity index (χ3v) is 3.82. The van der Waals surface area contributed by atoms with Crippen LogP contribution >= 0.6 is 0 Å². The predicted octanol–water partition coefficient (Wildman–Crippen LogP) is 2.11. The quantitative estimate of drug-likeness (QED) is 0.713. The van der Waals surface area contributed by atoms with Crippen LogP contribution in [0, 0.1) is 6.92 Å². The van der Waals surface area contributed by atoms with Gasteiger partial charge in [0.15, 0.2) is 0 Å². The van der Waals surface area contributed by atoms with Crippen molar-refractivity contribution in [3.63, 3.8) is 0 Å². The molecule has 0 atom stereocenters. The fourth-order valence-electron chi connectivity index (χ4n) is 2.78. The average molecular weight is 332 g/mol. The fourth-order valence-corrected chi connectivity index (χ4v) is 2.78. The Bertz CT molecular complexity index is 652. The number of hydrogen-bond acceptors (Lipinski definition) is 5. The summed E-state index contributed by atoms with van der Waals surface area (Å²) >= 11 is 0.